The Hall–Kier alpha value is -3.02. The topological polar surface area (TPSA) is 70.7 Å². The maximum atomic E-state index is 12.0. The lowest BCUT2D eigenvalue weighted by Gasteiger charge is -2.13. The molecule has 0 bridgehead atoms. The maximum absolute atomic E-state index is 12.0. The maximum Gasteiger partial charge on any atom is 0.414 e. The van der Waals surface area contributed by atoms with Crippen molar-refractivity contribution in [3.05, 3.63) is 59.7 Å². The van der Waals surface area contributed by atoms with E-state index in [2.05, 4.69) is 10.6 Å². The number of carbonyl (C=O) groups is 2. The van der Waals surface area contributed by atoms with E-state index in [1.807, 2.05) is 62.4 Å². The molecule has 6 heteroatoms. The van der Waals surface area contributed by atoms with Crippen molar-refractivity contribution in [1.82, 2.24) is 5.32 Å². The number of urea groups is 1. The normalized spacial score (nSPS) is 16.5. The van der Waals surface area contributed by atoms with Crippen LogP contribution in [0.1, 0.15) is 11.1 Å². The summed E-state index contributed by atoms with van der Waals surface area (Å²) >= 11 is 0. The van der Waals surface area contributed by atoms with Crippen LogP contribution in [0.3, 0.4) is 0 Å². The monoisotopic (exact) mass is 339 g/mol. The van der Waals surface area contributed by atoms with Gasteiger partial charge in [0.05, 0.1) is 13.1 Å². The zero-order valence-electron chi connectivity index (χ0n) is 14.3. The molecule has 130 valence electrons. The first-order chi connectivity index (χ1) is 12.0. The molecule has 25 heavy (non-hydrogen) atoms. The smallest absolute Gasteiger partial charge is 0.414 e. The van der Waals surface area contributed by atoms with Crippen LogP contribution in [0.5, 0.6) is 0 Å². The van der Waals surface area contributed by atoms with Crippen LogP contribution in [0.15, 0.2) is 48.5 Å². The predicted molar refractivity (Wildman–Crippen MR) is 97.0 cm³/mol. The Balaban J connectivity index is 1.51. The fraction of sp³-hybridized carbons (Fsp3) is 0.263. The van der Waals surface area contributed by atoms with Crippen molar-refractivity contribution in [2.24, 2.45) is 0 Å². The highest BCUT2D eigenvalue weighted by Crippen LogP contribution is 2.20. The average Bonchev–Trinajstić information content (AvgIpc) is 2.98. The van der Waals surface area contributed by atoms with E-state index in [0.29, 0.717) is 6.54 Å². The highest BCUT2D eigenvalue weighted by molar-refractivity contribution is 5.91. The van der Waals surface area contributed by atoms with Gasteiger partial charge in [0.2, 0.25) is 0 Å². The minimum absolute atomic E-state index is 0.256. The highest BCUT2D eigenvalue weighted by Gasteiger charge is 2.32. The third-order valence-corrected chi connectivity index (χ3v) is 4.20. The van der Waals surface area contributed by atoms with E-state index in [1.54, 1.807) is 4.90 Å². The Labute approximate surface area is 146 Å². The third kappa shape index (κ3) is 4.09. The lowest BCUT2D eigenvalue weighted by atomic mass is 10.1. The van der Waals surface area contributed by atoms with Crippen molar-refractivity contribution in [2.75, 3.05) is 23.3 Å². The van der Waals surface area contributed by atoms with Crippen molar-refractivity contribution in [3.63, 3.8) is 0 Å². The number of benzene rings is 2. The number of nitrogens with one attached hydrogen (secondary N) is 2. The average molecular weight is 339 g/mol. The zero-order chi connectivity index (χ0) is 17.8. The van der Waals surface area contributed by atoms with E-state index in [4.69, 9.17) is 4.74 Å². The Morgan fingerprint density at radius 3 is 2.64 bits per heavy atom. The summed E-state index contributed by atoms with van der Waals surface area (Å²) in [5.41, 5.74) is 3.80. The van der Waals surface area contributed by atoms with Crippen LogP contribution in [-0.4, -0.2) is 31.3 Å². The van der Waals surface area contributed by atoms with E-state index in [9.17, 15) is 9.59 Å². The molecule has 0 unspecified atom stereocenters. The molecule has 0 aromatic heterocycles. The minimum Gasteiger partial charge on any atom is -0.442 e. The van der Waals surface area contributed by atoms with Crippen molar-refractivity contribution < 1.29 is 14.3 Å². The summed E-state index contributed by atoms with van der Waals surface area (Å²) in [5.74, 6) is 0. The molecular formula is C19H21N3O3. The fourth-order valence-electron chi connectivity index (χ4n) is 2.65. The van der Waals surface area contributed by atoms with E-state index in [-0.39, 0.29) is 18.7 Å². The van der Waals surface area contributed by atoms with Gasteiger partial charge in [0.25, 0.3) is 0 Å². The summed E-state index contributed by atoms with van der Waals surface area (Å²) < 4.78 is 5.31. The Kier molecular flexibility index (Phi) is 4.88. The Bertz CT molecular complexity index is 777. The number of aryl methyl sites for hydroxylation is 2. The number of para-hydroxylation sites is 1. The lowest BCUT2D eigenvalue weighted by molar-refractivity contribution is 0.141. The van der Waals surface area contributed by atoms with E-state index < -0.39 is 6.09 Å². The van der Waals surface area contributed by atoms with Gasteiger partial charge >= 0.3 is 12.1 Å². The van der Waals surface area contributed by atoms with Gasteiger partial charge in [0.1, 0.15) is 6.10 Å². The van der Waals surface area contributed by atoms with Gasteiger partial charge in [-0.3, -0.25) is 4.90 Å². The van der Waals surface area contributed by atoms with Crippen LogP contribution >= 0.6 is 0 Å². The summed E-state index contributed by atoms with van der Waals surface area (Å²) in [6, 6.07) is 14.7. The largest absolute Gasteiger partial charge is 0.442 e. The molecule has 0 saturated carbocycles. The zero-order valence-corrected chi connectivity index (χ0v) is 14.3. The molecule has 1 fully saturated rings. The van der Waals surface area contributed by atoms with Crippen LogP contribution in [-0.2, 0) is 4.74 Å². The molecule has 0 radical (unpaired) electrons. The molecule has 2 N–H and O–H groups in total. The standard InChI is InChI=1S/C19H21N3O3/c1-13-8-9-15(10-14(13)2)21-18(23)20-11-17-12-22(19(24)25-17)16-6-4-3-5-7-16/h3-10,17H,11-12H2,1-2H3,(H2,20,21,23)/t17-/m1/s1. The number of hydrogen-bond acceptors (Lipinski definition) is 3. The highest BCUT2D eigenvalue weighted by atomic mass is 16.6. The van der Waals surface area contributed by atoms with Crippen LogP contribution in [0.4, 0.5) is 21.0 Å². The number of carbonyl (C=O) groups excluding carboxylic acids is 2. The van der Waals surface area contributed by atoms with Gasteiger partial charge in [-0.15, -0.1) is 0 Å². The van der Waals surface area contributed by atoms with Gasteiger partial charge < -0.3 is 15.4 Å². The van der Waals surface area contributed by atoms with Gasteiger partial charge in [-0.05, 0) is 49.2 Å². The van der Waals surface area contributed by atoms with Crippen LogP contribution < -0.4 is 15.5 Å². The van der Waals surface area contributed by atoms with Gasteiger partial charge in [0.15, 0.2) is 0 Å². The number of rotatable bonds is 4. The SMILES string of the molecule is Cc1ccc(NC(=O)NC[C@@H]2CN(c3ccccc3)C(=O)O2)cc1C. The second-order valence-corrected chi connectivity index (χ2v) is 6.09. The van der Waals surface area contributed by atoms with Crippen molar-refractivity contribution >= 4 is 23.5 Å². The molecular weight excluding hydrogens is 318 g/mol. The molecule has 6 nitrogen and oxygen atoms in total. The fourth-order valence-corrected chi connectivity index (χ4v) is 2.65. The van der Waals surface area contributed by atoms with Crippen molar-refractivity contribution in [2.45, 2.75) is 20.0 Å². The van der Waals surface area contributed by atoms with E-state index in [0.717, 1.165) is 16.9 Å². The molecule has 1 aliphatic rings. The second-order valence-electron chi connectivity index (χ2n) is 6.09. The number of amides is 3. The van der Waals surface area contributed by atoms with Gasteiger partial charge in [-0.1, -0.05) is 24.3 Å². The molecule has 3 rings (SSSR count). The molecule has 2 aromatic carbocycles. The summed E-state index contributed by atoms with van der Waals surface area (Å²) in [6.07, 6.45) is -0.772. The minimum atomic E-state index is -0.396. The predicted octanol–water partition coefficient (Wildman–Crippen LogP) is 3.45. The summed E-state index contributed by atoms with van der Waals surface area (Å²) in [5, 5.41) is 5.53. The second kappa shape index (κ2) is 7.25. The van der Waals surface area contributed by atoms with Gasteiger partial charge in [-0.25, -0.2) is 9.59 Å². The number of anilines is 2. The van der Waals surface area contributed by atoms with Gasteiger partial charge in [-0.2, -0.15) is 0 Å². The first-order valence-corrected chi connectivity index (χ1v) is 8.18. The van der Waals surface area contributed by atoms with Crippen LogP contribution in [0.2, 0.25) is 0 Å². The van der Waals surface area contributed by atoms with Crippen LogP contribution in [0.25, 0.3) is 0 Å². The summed E-state index contributed by atoms with van der Waals surface area (Å²) in [6.45, 7) is 4.68. The summed E-state index contributed by atoms with van der Waals surface area (Å²) in [7, 11) is 0. The van der Waals surface area contributed by atoms with E-state index in [1.165, 1.54) is 5.56 Å². The van der Waals surface area contributed by atoms with Crippen LogP contribution in [0, 0.1) is 13.8 Å². The summed E-state index contributed by atoms with van der Waals surface area (Å²) in [4.78, 5) is 25.6. The molecule has 1 atom stereocenters. The van der Waals surface area contributed by atoms with Crippen molar-refractivity contribution in [3.8, 4) is 0 Å². The number of nitrogens with zero attached hydrogens (tertiary/aromatic N) is 1. The molecule has 0 aliphatic carbocycles. The molecule has 1 saturated heterocycles. The molecule has 3 amide bonds. The van der Waals surface area contributed by atoms with Crippen molar-refractivity contribution in [1.29, 1.82) is 0 Å². The molecule has 1 aliphatic heterocycles. The molecule has 1 heterocycles. The number of ether oxygens (including phenoxy) is 1. The first-order valence-electron chi connectivity index (χ1n) is 8.18. The number of hydrogen-bond donors (Lipinski definition) is 2. The quantitative estimate of drug-likeness (QED) is 0.896. The molecule has 2 aromatic rings. The number of cyclic esters (lactones) is 1. The van der Waals surface area contributed by atoms with Gasteiger partial charge in [0, 0.05) is 11.4 Å². The Morgan fingerprint density at radius 2 is 1.92 bits per heavy atom. The first kappa shape index (κ1) is 16.8. The van der Waals surface area contributed by atoms with E-state index >= 15 is 0 Å². The third-order valence-electron chi connectivity index (χ3n) is 4.20. The molecule has 0 spiro atoms. The lowest BCUT2D eigenvalue weighted by Crippen LogP contribution is -2.37. The Morgan fingerprint density at radius 1 is 1.16 bits per heavy atom.